The monoisotopic (exact) mass is 477 g/mol. The predicted molar refractivity (Wildman–Crippen MR) is 118 cm³/mol. The van der Waals surface area contributed by atoms with Crippen LogP contribution in [0, 0.1) is 11.2 Å². The second kappa shape index (κ2) is 8.05. The zero-order chi connectivity index (χ0) is 23.2. The number of ether oxygens (including phenoxy) is 1. The fourth-order valence-electron chi connectivity index (χ4n) is 4.86. The summed E-state index contributed by atoms with van der Waals surface area (Å²) in [6.07, 6.45) is 1.65. The highest BCUT2D eigenvalue weighted by Crippen LogP contribution is 2.43. The van der Waals surface area contributed by atoms with Gasteiger partial charge in [-0.25, -0.2) is 17.6 Å². The Labute approximate surface area is 190 Å². The van der Waals surface area contributed by atoms with E-state index in [-0.39, 0.29) is 35.8 Å². The lowest BCUT2D eigenvalue weighted by Gasteiger charge is -2.47. The van der Waals surface area contributed by atoms with E-state index < -0.39 is 33.8 Å². The van der Waals surface area contributed by atoms with Gasteiger partial charge in [0, 0.05) is 18.5 Å². The smallest absolute Gasteiger partial charge is 0.414 e. The number of amides is 2. The molecule has 9 nitrogen and oxygen atoms in total. The van der Waals surface area contributed by atoms with Crippen LogP contribution in [0.3, 0.4) is 0 Å². The van der Waals surface area contributed by atoms with E-state index in [1.54, 1.807) is 18.2 Å². The van der Waals surface area contributed by atoms with Gasteiger partial charge in [0.25, 0.3) is 5.91 Å². The first-order valence-corrected chi connectivity index (χ1v) is 12.6. The average molecular weight is 478 g/mol. The van der Waals surface area contributed by atoms with Crippen LogP contribution >= 0.6 is 0 Å². The van der Waals surface area contributed by atoms with Crippen LogP contribution in [0.2, 0.25) is 0 Å². The van der Waals surface area contributed by atoms with Gasteiger partial charge in [-0.1, -0.05) is 0 Å². The van der Waals surface area contributed by atoms with E-state index in [2.05, 4.69) is 5.32 Å². The number of halogens is 1. The summed E-state index contributed by atoms with van der Waals surface area (Å²) in [5.41, 5.74) is 0.664. The quantitative estimate of drug-likeness (QED) is 0.703. The molecule has 0 bridgehead atoms. The van der Waals surface area contributed by atoms with E-state index in [0.29, 0.717) is 24.5 Å². The van der Waals surface area contributed by atoms with Crippen molar-refractivity contribution in [2.24, 2.45) is 5.41 Å². The molecule has 0 radical (unpaired) electrons. The van der Waals surface area contributed by atoms with Crippen LogP contribution in [-0.2, 0) is 14.6 Å². The van der Waals surface area contributed by atoms with Crippen LogP contribution in [0.5, 0.6) is 0 Å². The summed E-state index contributed by atoms with van der Waals surface area (Å²) in [5, 5.41) is 2.65. The van der Waals surface area contributed by atoms with Crippen molar-refractivity contribution in [2.45, 2.75) is 18.9 Å². The van der Waals surface area contributed by atoms with E-state index in [9.17, 15) is 22.4 Å². The van der Waals surface area contributed by atoms with Crippen LogP contribution in [-0.4, -0.2) is 64.2 Å². The maximum absolute atomic E-state index is 15.0. The van der Waals surface area contributed by atoms with Crippen molar-refractivity contribution in [3.63, 3.8) is 0 Å². The molecule has 3 fully saturated rings. The molecule has 3 saturated heterocycles. The minimum absolute atomic E-state index is 0.105. The van der Waals surface area contributed by atoms with E-state index in [4.69, 9.17) is 9.15 Å². The Bertz CT molecular complexity index is 1160. The molecule has 3 aliphatic heterocycles. The molecule has 1 aromatic carbocycles. The number of cyclic esters (lactones) is 1. The van der Waals surface area contributed by atoms with Gasteiger partial charge in [-0.2, -0.15) is 0 Å². The van der Waals surface area contributed by atoms with Crippen LogP contribution in [0.25, 0.3) is 0 Å². The lowest BCUT2D eigenvalue weighted by molar-refractivity contribution is 0.0889. The fraction of sp³-hybridized carbons (Fsp3) is 0.455. The standard InChI is InChI=1S/C22H24FN3O6S/c23-17-10-15(3-4-18(17)25-7-5-22(6-8-25)13-33(29,30)14-22)26-12-16(32-21(26)28)11-24-20(27)19-2-1-9-31-19/h1-4,9-10,16H,5-8,11-14H2,(H,24,27). The number of hydrogen-bond donors (Lipinski definition) is 1. The van der Waals surface area contributed by atoms with Gasteiger partial charge < -0.3 is 19.4 Å². The van der Waals surface area contributed by atoms with Crippen molar-refractivity contribution < 1.29 is 31.6 Å². The predicted octanol–water partition coefficient (Wildman–Crippen LogP) is 2.19. The molecule has 1 aromatic heterocycles. The van der Waals surface area contributed by atoms with Gasteiger partial charge in [0.05, 0.1) is 42.2 Å². The Hall–Kier alpha value is -3.08. The number of furan rings is 1. The summed E-state index contributed by atoms with van der Waals surface area (Å²) in [7, 11) is -2.89. The van der Waals surface area contributed by atoms with Crippen molar-refractivity contribution in [2.75, 3.05) is 47.5 Å². The van der Waals surface area contributed by atoms with Crippen molar-refractivity contribution >= 4 is 33.2 Å². The Morgan fingerprint density at radius 1 is 1.21 bits per heavy atom. The topological polar surface area (TPSA) is 109 Å². The number of nitrogens with one attached hydrogen (secondary N) is 1. The van der Waals surface area contributed by atoms with Crippen molar-refractivity contribution in [1.82, 2.24) is 5.32 Å². The summed E-state index contributed by atoms with van der Waals surface area (Å²) in [5.74, 6) is -0.235. The molecule has 1 N–H and O–H groups in total. The van der Waals surface area contributed by atoms with Gasteiger partial charge in [0.2, 0.25) is 0 Å². The molecular weight excluding hydrogens is 453 g/mol. The highest BCUT2D eigenvalue weighted by molar-refractivity contribution is 7.92. The third-order valence-electron chi connectivity index (χ3n) is 6.57. The zero-order valence-corrected chi connectivity index (χ0v) is 18.6. The molecule has 33 heavy (non-hydrogen) atoms. The molecule has 2 amide bonds. The van der Waals surface area contributed by atoms with Crippen LogP contribution in [0.4, 0.5) is 20.6 Å². The first-order chi connectivity index (χ1) is 15.7. The summed E-state index contributed by atoms with van der Waals surface area (Å²) in [4.78, 5) is 27.5. The molecule has 1 atom stereocenters. The Morgan fingerprint density at radius 3 is 2.61 bits per heavy atom. The molecule has 0 saturated carbocycles. The highest BCUT2D eigenvalue weighted by Gasteiger charge is 2.49. The third-order valence-corrected chi connectivity index (χ3v) is 8.67. The minimum Gasteiger partial charge on any atom is -0.459 e. The second-order valence-electron chi connectivity index (χ2n) is 8.96. The largest absolute Gasteiger partial charge is 0.459 e. The van der Waals surface area contributed by atoms with Gasteiger partial charge in [-0.3, -0.25) is 9.69 Å². The Morgan fingerprint density at radius 2 is 1.97 bits per heavy atom. The number of carbonyl (C=O) groups excluding carboxylic acids is 2. The molecular formula is C22H24FN3O6S. The first-order valence-electron chi connectivity index (χ1n) is 10.8. The van der Waals surface area contributed by atoms with E-state index in [0.717, 1.165) is 12.8 Å². The number of nitrogens with zero attached hydrogens (tertiary/aromatic N) is 2. The van der Waals surface area contributed by atoms with Gasteiger partial charge in [-0.15, -0.1) is 0 Å². The number of piperidine rings is 1. The number of rotatable bonds is 5. The van der Waals surface area contributed by atoms with E-state index >= 15 is 0 Å². The number of carbonyl (C=O) groups is 2. The fourth-order valence-corrected chi connectivity index (χ4v) is 7.22. The van der Waals surface area contributed by atoms with E-state index in [1.165, 1.54) is 23.3 Å². The summed E-state index contributed by atoms with van der Waals surface area (Å²) >= 11 is 0. The summed E-state index contributed by atoms with van der Waals surface area (Å²) in [6, 6.07) is 7.74. The minimum atomic E-state index is -2.89. The normalized spacial score (nSPS) is 23.3. The Balaban J connectivity index is 1.19. The lowest BCUT2D eigenvalue weighted by atomic mass is 9.81. The highest BCUT2D eigenvalue weighted by atomic mass is 32.2. The molecule has 3 aliphatic rings. The molecule has 5 rings (SSSR count). The first kappa shape index (κ1) is 21.7. The number of benzene rings is 1. The van der Waals surface area contributed by atoms with E-state index in [1.807, 2.05) is 4.90 Å². The van der Waals surface area contributed by atoms with Crippen LogP contribution in [0.1, 0.15) is 23.4 Å². The van der Waals surface area contributed by atoms with Gasteiger partial charge in [0.15, 0.2) is 15.6 Å². The van der Waals surface area contributed by atoms with Crippen LogP contribution in [0.15, 0.2) is 41.0 Å². The molecule has 4 heterocycles. The molecule has 176 valence electrons. The molecule has 1 spiro atoms. The summed E-state index contributed by atoms with van der Waals surface area (Å²) < 4.78 is 48.4. The number of sulfone groups is 1. The van der Waals surface area contributed by atoms with Crippen molar-refractivity contribution in [3.05, 3.63) is 48.2 Å². The SMILES string of the molecule is O=C(NCC1CN(c2ccc(N3CCC4(CC3)CS(=O)(=O)C4)c(F)c2)C(=O)O1)c1ccco1. The van der Waals surface area contributed by atoms with Gasteiger partial charge >= 0.3 is 6.09 Å². The zero-order valence-electron chi connectivity index (χ0n) is 17.8. The number of anilines is 2. The average Bonchev–Trinajstić information content (AvgIpc) is 3.41. The van der Waals surface area contributed by atoms with Gasteiger partial charge in [-0.05, 0) is 43.2 Å². The summed E-state index contributed by atoms with van der Waals surface area (Å²) in [6.45, 7) is 1.47. The lowest BCUT2D eigenvalue weighted by Crippen LogP contribution is -2.54. The molecule has 2 aromatic rings. The molecule has 0 aliphatic carbocycles. The third kappa shape index (κ3) is 4.29. The Kier molecular flexibility index (Phi) is 5.31. The molecule has 1 unspecified atom stereocenters. The maximum Gasteiger partial charge on any atom is 0.414 e. The van der Waals surface area contributed by atoms with Crippen molar-refractivity contribution in [1.29, 1.82) is 0 Å². The van der Waals surface area contributed by atoms with Crippen molar-refractivity contribution in [3.8, 4) is 0 Å². The molecule has 11 heteroatoms. The number of hydrogen-bond acceptors (Lipinski definition) is 7. The second-order valence-corrected chi connectivity index (χ2v) is 11.0. The van der Waals surface area contributed by atoms with Gasteiger partial charge in [0.1, 0.15) is 11.9 Å². The van der Waals surface area contributed by atoms with Crippen LogP contribution < -0.4 is 15.1 Å². The maximum atomic E-state index is 15.0.